The molecule has 2 N–H and O–H groups in total. The molecule has 39 heavy (non-hydrogen) atoms. The maximum Gasteiger partial charge on any atom is 0.243 e. The van der Waals surface area contributed by atoms with Crippen molar-refractivity contribution in [3.05, 3.63) is 64.6 Å². The minimum Gasteiger partial charge on any atom is -0.350 e. The molecule has 0 saturated heterocycles. The molecule has 0 spiro atoms. The summed E-state index contributed by atoms with van der Waals surface area (Å²) in [6.07, 6.45) is 5.91. The Morgan fingerprint density at radius 3 is 2.54 bits per heavy atom. The van der Waals surface area contributed by atoms with E-state index in [1.165, 1.54) is 17.9 Å². The number of carbonyl (C=O) groups excluding carboxylic acids is 4. The maximum absolute atomic E-state index is 14.2. The van der Waals surface area contributed by atoms with Gasteiger partial charge in [-0.3, -0.25) is 19.2 Å². The van der Waals surface area contributed by atoms with Gasteiger partial charge in [0.25, 0.3) is 0 Å². The van der Waals surface area contributed by atoms with Crippen LogP contribution in [0.2, 0.25) is 5.02 Å². The van der Waals surface area contributed by atoms with Crippen molar-refractivity contribution in [3.8, 4) is 0 Å². The van der Waals surface area contributed by atoms with Crippen molar-refractivity contribution in [1.82, 2.24) is 14.8 Å². The van der Waals surface area contributed by atoms with Gasteiger partial charge in [0.1, 0.15) is 12.4 Å². The summed E-state index contributed by atoms with van der Waals surface area (Å²) in [6, 6.07) is 9.86. The number of amides is 3. The van der Waals surface area contributed by atoms with Crippen LogP contribution in [0.1, 0.15) is 54.9 Å². The number of benzene rings is 2. The van der Waals surface area contributed by atoms with Crippen molar-refractivity contribution in [2.24, 2.45) is 5.92 Å². The number of anilines is 1. The lowest BCUT2D eigenvalue weighted by molar-refractivity contribution is -0.137. The van der Waals surface area contributed by atoms with Crippen LogP contribution in [0.4, 0.5) is 10.1 Å². The van der Waals surface area contributed by atoms with Gasteiger partial charge in [0.2, 0.25) is 17.7 Å². The molecular weight excluding hydrogens is 523 g/mol. The second kappa shape index (κ2) is 11.2. The second-order valence-electron chi connectivity index (χ2n) is 10.4. The van der Waals surface area contributed by atoms with Crippen LogP contribution in [0.5, 0.6) is 0 Å². The fourth-order valence-corrected chi connectivity index (χ4v) is 4.91. The number of rotatable bonds is 11. The monoisotopic (exact) mass is 552 g/mol. The van der Waals surface area contributed by atoms with E-state index in [0.717, 1.165) is 25.7 Å². The van der Waals surface area contributed by atoms with Crippen molar-refractivity contribution in [1.29, 1.82) is 0 Å². The van der Waals surface area contributed by atoms with E-state index in [0.29, 0.717) is 34.5 Å². The Morgan fingerprint density at radius 2 is 1.85 bits per heavy atom. The lowest BCUT2D eigenvalue weighted by atomic mass is 10.1. The van der Waals surface area contributed by atoms with Gasteiger partial charge in [0.05, 0.1) is 11.6 Å². The van der Waals surface area contributed by atoms with E-state index in [-0.39, 0.29) is 53.9 Å². The average Bonchev–Trinajstić information content (AvgIpc) is 3.83. The zero-order valence-electron chi connectivity index (χ0n) is 21.6. The van der Waals surface area contributed by atoms with E-state index in [1.807, 2.05) is 0 Å². The number of ketones is 1. The minimum atomic E-state index is -0.582. The molecular formula is C29H30ClFN4O4. The van der Waals surface area contributed by atoms with Gasteiger partial charge in [0, 0.05) is 52.9 Å². The minimum absolute atomic E-state index is 0.0202. The summed E-state index contributed by atoms with van der Waals surface area (Å²) in [7, 11) is 0. The fraction of sp³-hybridized carbons (Fsp3) is 0.379. The van der Waals surface area contributed by atoms with Crippen LogP contribution in [-0.4, -0.2) is 45.6 Å². The predicted molar refractivity (Wildman–Crippen MR) is 146 cm³/mol. The normalized spacial score (nSPS) is 14.7. The summed E-state index contributed by atoms with van der Waals surface area (Å²) in [5.74, 6) is -0.978. The molecule has 3 aromatic rings. The Bertz CT molecular complexity index is 1460. The molecule has 2 aliphatic rings. The van der Waals surface area contributed by atoms with Gasteiger partial charge in [-0.25, -0.2) is 4.39 Å². The van der Waals surface area contributed by atoms with E-state index in [1.54, 1.807) is 41.1 Å². The summed E-state index contributed by atoms with van der Waals surface area (Å²) in [6.45, 7) is 1.22. The Morgan fingerprint density at radius 1 is 1.08 bits per heavy atom. The van der Waals surface area contributed by atoms with Crippen LogP contribution in [0, 0.1) is 11.7 Å². The molecule has 204 valence electrons. The Labute approximate surface area is 230 Å². The highest BCUT2D eigenvalue weighted by Crippen LogP contribution is 2.33. The molecule has 2 saturated carbocycles. The second-order valence-corrected chi connectivity index (χ2v) is 10.8. The molecule has 0 bridgehead atoms. The smallest absolute Gasteiger partial charge is 0.243 e. The first-order chi connectivity index (χ1) is 18.7. The fourth-order valence-electron chi connectivity index (χ4n) is 4.72. The first-order valence-corrected chi connectivity index (χ1v) is 13.5. The number of nitrogens with one attached hydrogen (secondary N) is 2. The molecule has 2 fully saturated rings. The highest BCUT2D eigenvalue weighted by Gasteiger charge is 2.34. The highest BCUT2D eigenvalue weighted by atomic mass is 35.5. The predicted octanol–water partition coefficient (Wildman–Crippen LogP) is 4.68. The Balaban J connectivity index is 1.28. The Kier molecular flexibility index (Phi) is 7.70. The van der Waals surface area contributed by atoms with Crippen LogP contribution < -0.4 is 10.6 Å². The molecule has 5 rings (SSSR count). The molecule has 0 radical (unpaired) electrons. The highest BCUT2D eigenvalue weighted by molar-refractivity contribution is 6.30. The van der Waals surface area contributed by atoms with E-state index in [2.05, 4.69) is 10.6 Å². The summed E-state index contributed by atoms with van der Waals surface area (Å²) in [4.78, 5) is 52.2. The molecule has 0 atom stereocenters. The zero-order valence-corrected chi connectivity index (χ0v) is 22.4. The van der Waals surface area contributed by atoms with Gasteiger partial charge in [-0.2, -0.15) is 0 Å². The number of Topliss-reactive ketones (excluding diaryl/α,β-unsaturated/α-hetero) is 1. The van der Waals surface area contributed by atoms with Crippen molar-refractivity contribution >= 4 is 51.7 Å². The molecule has 2 aromatic carbocycles. The van der Waals surface area contributed by atoms with Gasteiger partial charge in [-0.05, 0) is 62.8 Å². The third kappa shape index (κ3) is 6.47. The number of aromatic nitrogens is 1. The van der Waals surface area contributed by atoms with E-state index in [9.17, 15) is 23.6 Å². The lowest BCUT2D eigenvalue weighted by Crippen LogP contribution is -2.43. The molecule has 8 nitrogen and oxygen atoms in total. The third-order valence-electron chi connectivity index (χ3n) is 7.15. The van der Waals surface area contributed by atoms with E-state index in [4.69, 9.17) is 11.6 Å². The number of halogens is 2. The largest absolute Gasteiger partial charge is 0.350 e. The standard InChI is InChI=1S/C29H30ClFN4O4/c1-17(36)23-14-34(25-10-7-20(12-22(23)25)33-26(37)11-18-5-6-18)16-28(39)35(21-8-9-21)15-27(38)32-13-19-3-2-4-24(30)29(19)31/h2-4,7,10,12,14,18,21H,5-6,8-9,11,13,15-16H2,1H3,(H,32,38)(H,33,37). The summed E-state index contributed by atoms with van der Waals surface area (Å²) >= 11 is 5.81. The topological polar surface area (TPSA) is 101 Å². The molecule has 3 amide bonds. The van der Waals surface area contributed by atoms with E-state index < -0.39 is 11.7 Å². The van der Waals surface area contributed by atoms with Crippen molar-refractivity contribution < 1.29 is 23.6 Å². The maximum atomic E-state index is 14.2. The zero-order chi connectivity index (χ0) is 27.7. The lowest BCUT2D eigenvalue weighted by Gasteiger charge is -2.22. The summed E-state index contributed by atoms with van der Waals surface area (Å²) in [5, 5.41) is 6.20. The van der Waals surface area contributed by atoms with Crippen LogP contribution in [0.25, 0.3) is 10.9 Å². The van der Waals surface area contributed by atoms with Crippen molar-refractivity contribution in [2.45, 2.75) is 58.2 Å². The quantitative estimate of drug-likeness (QED) is 0.337. The van der Waals surface area contributed by atoms with Gasteiger partial charge < -0.3 is 20.1 Å². The molecule has 0 unspecified atom stereocenters. The van der Waals surface area contributed by atoms with Gasteiger partial charge in [-0.15, -0.1) is 0 Å². The first-order valence-electron chi connectivity index (χ1n) is 13.1. The van der Waals surface area contributed by atoms with Crippen LogP contribution in [-0.2, 0) is 27.5 Å². The van der Waals surface area contributed by atoms with Crippen molar-refractivity contribution in [2.75, 3.05) is 11.9 Å². The molecule has 1 heterocycles. The number of fused-ring (bicyclic) bond motifs is 1. The van der Waals surface area contributed by atoms with Gasteiger partial charge >= 0.3 is 0 Å². The van der Waals surface area contributed by atoms with Crippen molar-refractivity contribution in [3.63, 3.8) is 0 Å². The molecule has 10 heteroatoms. The number of carbonyl (C=O) groups is 4. The van der Waals surface area contributed by atoms with Crippen LogP contribution in [0.3, 0.4) is 0 Å². The van der Waals surface area contributed by atoms with Crippen LogP contribution in [0.15, 0.2) is 42.6 Å². The van der Waals surface area contributed by atoms with Gasteiger partial charge in [0.15, 0.2) is 5.78 Å². The average molecular weight is 553 g/mol. The first kappa shape index (κ1) is 26.9. The molecule has 0 aliphatic heterocycles. The summed E-state index contributed by atoms with van der Waals surface area (Å²) < 4.78 is 15.9. The van der Waals surface area contributed by atoms with Crippen LogP contribution >= 0.6 is 11.6 Å². The molecule has 2 aliphatic carbocycles. The SMILES string of the molecule is CC(=O)c1cn(CC(=O)N(CC(=O)NCc2cccc(Cl)c2F)C2CC2)c2ccc(NC(=O)CC3CC3)cc12. The summed E-state index contributed by atoms with van der Waals surface area (Å²) in [5.41, 5.74) is 2.01. The molecule has 1 aromatic heterocycles. The van der Waals surface area contributed by atoms with E-state index >= 15 is 0 Å². The Hall–Kier alpha value is -3.72. The van der Waals surface area contributed by atoms with Gasteiger partial charge in [-0.1, -0.05) is 23.7 Å². The number of hydrogen-bond donors (Lipinski definition) is 2. The third-order valence-corrected chi connectivity index (χ3v) is 7.44. The number of nitrogens with zero attached hydrogens (tertiary/aromatic N) is 2. The number of hydrogen-bond acceptors (Lipinski definition) is 4.